The Bertz CT molecular complexity index is 550. The van der Waals surface area contributed by atoms with E-state index in [2.05, 4.69) is 29.6 Å². The van der Waals surface area contributed by atoms with Gasteiger partial charge in [-0.2, -0.15) is 0 Å². The van der Waals surface area contributed by atoms with E-state index in [0.29, 0.717) is 6.61 Å². The summed E-state index contributed by atoms with van der Waals surface area (Å²) in [4.78, 5) is 11.0. The average molecular weight is 213 g/mol. The largest absolute Gasteiger partial charge is 0.447 e. The SMILES string of the molecule is O=C1NC(c2ccc3ccccc3c2)CO1. The van der Waals surface area contributed by atoms with Crippen LogP contribution in [0, 0.1) is 0 Å². The Morgan fingerprint density at radius 1 is 1.12 bits per heavy atom. The highest BCUT2D eigenvalue weighted by atomic mass is 16.6. The van der Waals surface area contributed by atoms with Crippen LogP contribution in [0.2, 0.25) is 0 Å². The van der Waals surface area contributed by atoms with Gasteiger partial charge in [0.25, 0.3) is 0 Å². The van der Waals surface area contributed by atoms with E-state index in [9.17, 15) is 4.79 Å². The Morgan fingerprint density at radius 3 is 2.69 bits per heavy atom. The molecule has 3 heteroatoms. The molecular weight excluding hydrogens is 202 g/mol. The van der Waals surface area contributed by atoms with Crippen molar-refractivity contribution < 1.29 is 9.53 Å². The second kappa shape index (κ2) is 3.52. The van der Waals surface area contributed by atoms with Gasteiger partial charge < -0.3 is 10.1 Å². The zero-order valence-electron chi connectivity index (χ0n) is 8.64. The molecule has 3 rings (SSSR count). The predicted molar refractivity (Wildman–Crippen MR) is 61.2 cm³/mol. The van der Waals surface area contributed by atoms with E-state index in [-0.39, 0.29) is 12.1 Å². The second-order valence-electron chi connectivity index (χ2n) is 3.90. The highest BCUT2D eigenvalue weighted by molar-refractivity contribution is 5.83. The normalized spacial score (nSPS) is 19.5. The fourth-order valence-electron chi connectivity index (χ4n) is 1.99. The Balaban J connectivity index is 2.02. The molecule has 1 aliphatic heterocycles. The first kappa shape index (κ1) is 9.21. The van der Waals surface area contributed by atoms with Crippen LogP contribution in [0.3, 0.4) is 0 Å². The van der Waals surface area contributed by atoms with Gasteiger partial charge in [0, 0.05) is 0 Å². The van der Waals surface area contributed by atoms with Crippen LogP contribution >= 0.6 is 0 Å². The molecule has 1 fully saturated rings. The molecule has 0 spiro atoms. The van der Waals surface area contributed by atoms with Crippen molar-refractivity contribution in [3.63, 3.8) is 0 Å². The van der Waals surface area contributed by atoms with E-state index in [1.807, 2.05) is 18.2 Å². The molecule has 1 saturated heterocycles. The Kier molecular flexibility index (Phi) is 2.03. The van der Waals surface area contributed by atoms with Gasteiger partial charge in [-0.25, -0.2) is 4.79 Å². The maximum absolute atomic E-state index is 11.0. The molecule has 1 amide bonds. The minimum Gasteiger partial charge on any atom is -0.447 e. The maximum atomic E-state index is 11.0. The topological polar surface area (TPSA) is 38.3 Å². The molecule has 0 bridgehead atoms. The number of ether oxygens (including phenoxy) is 1. The second-order valence-corrected chi connectivity index (χ2v) is 3.90. The van der Waals surface area contributed by atoms with Crippen LogP contribution in [-0.4, -0.2) is 12.7 Å². The third-order valence-electron chi connectivity index (χ3n) is 2.85. The van der Waals surface area contributed by atoms with Crippen molar-refractivity contribution in [3.05, 3.63) is 48.0 Å². The van der Waals surface area contributed by atoms with Crippen LogP contribution in [0.15, 0.2) is 42.5 Å². The van der Waals surface area contributed by atoms with Gasteiger partial charge in [-0.1, -0.05) is 36.4 Å². The van der Waals surface area contributed by atoms with Crippen molar-refractivity contribution in [1.82, 2.24) is 5.32 Å². The minimum absolute atomic E-state index is 0.0166. The molecule has 3 nitrogen and oxygen atoms in total. The highest BCUT2D eigenvalue weighted by Crippen LogP contribution is 2.22. The molecule has 0 saturated carbocycles. The summed E-state index contributed by atoms with van der Waals surface area (Å²) in [5, 5.41) is 5.16. The van der Waals surface area contributed by atoms with Gasteiger partial charge in [-0.05, 0) is 22.4 Å². The molecule has 1 heterocycles. The lowest BCUT2D eigenvalue weighted by Crippen LogP contribution is -2.18. The van der Waals surface area contributed by atoms with Gasteiger partial charge in [0.1, 0.15) is 6.61 Å². The molecule has 16 heavy (non-hydrogen) atoms. The van der Waals surface area contributed by atoms with E-state index >= 15 is 0 Å². The average Bonchev–Trinajstić information content (AvgIpc) is 2.75. The summed E-state index contributed by atoms with van der Waals surface area (Å²) >= 11 is 0. The zero-order valence-corrected chi connectivity index (χ0v) is 8.64. The molecule has 1 N–H and O–H groups in total. The van der Waals surface area contributed by atoms with Crippen molar-refractivity contribution in [2.75, 3.05) is 6.61 Å². The van der Waals surface area contributed by atoms with Crippen LogP contribution in [0.1, 0.15) is 11.6 Å². The van der Waals surface area contributed by atoms with Crippen molar-refractivity contribution in [1.29, 1.82) is 0 Å². The first-order valence-electron chi connectivity index (χ1n) is 5.25. The molecule has 1 aliphatic rings. The van der Waals surface area contributed by atoms with Gasteiger partial charge in [0.15, 0.2) is 0 Å². The molecule has 1 unspecified atom stereocenters. The predicted octanol–water partition coefficient (Wildman–Crippen LogP) is 2.62. The molecule has 0 aromatic heterocycles. The van der Waals surface area contributed by atoms with Gasteiger partial charge in [-0.15, -0.1) is 0 Å². The van der Waals surface area contributed by atoms with Crippen LogP contribution in [0.4, 0.5) is 4.79 Å². The monoisotopic (exact) mass is 213 g/mol. The van der Waals surface area contributed by atoms with Crippen molar-refractivity contribution >= 4 is 16.9 Å². The van der Waals surface area contributed by atoms with Crippen LogP contribution in [-0.2, 0) is 4.74 Å². The Hall–Kier alpha value is -2.03. The molecule has 2 aromatic carbocycles. The summed E-state index contributed by atoms with van der Waals surface area (Å²) in [7, 11) is 0. The van der Waals surface area contributed by atoms with Crippen molar-refractivity contribution in [3.8, 4) is 0 Å². The number of cyclic esters (lactones) is 1. The maximum Gasteiger partial charge on any atom is 0.407 e. The van der Waals surface area contributed by atoms with E-state index in [1.54, 1.807) is 0 Å². The van der Waals surface area contributed by atoms with E-state index in [0.717, 1.165) is 5.56 Å². The number of carbonyl (C=O) groups is 1. The number of amides is 1. The van der Waals surface area contributed by atoms with E-state index in [1.165, 1.54) is 10.8 Å². The van der Waals surface area contributed by atoms with Crippen molar-refractivity contribution in [2.24, 2.45) is 0 Å². The first-order valence-corrected chi connectivity index (χ1v) is 5.25. The number of hydrogen-bond acceptors (Lipinski definition) is 2. The molecule has 1 atom stereocenters. The number of carbonyl (C=O) groups excluding carboxylic acids is 1. The summed E-state index contributed by atoms with van der Waals surface area (Å²) < 4.78 is 4.88. The lowest BCUT2D eigenvalue weighted by atomic mass is 10.0. The third-order valence-corrected chi connectivity index (χ3v) is 2.85. The first-order chi connectivity index (χ1) is 7.83. The fourth-order valence-corrected chi connectivity index (χ4v) is 1.99. The highest BCUT2D eigenvalue weighted by Gasteiger charge is 2.23. The number of nitrogens with one attached hydrogen (secondary N) is 1. The fraction of sp³-hybridized carbons (Fsp3) is 0.154. The summed E-state index contributed by atoms with van der Waals surface area (Å²) in [6.45, 7) is 0.414. The van der Waals surface area contributed by atoms with Gasteiger partial charge in [-0.3, -0.25) is 0 Å². The Labute approximate surface area is 93.0 Å². The number of rotatable bonds is 1. The summed E-state index contributed by atoms with van der Waals surface area (Å²) in [5.74, 6) is 0. The summed E-state index contributed by atoms with van der Waals surface area (Å²) in [5.41, 5.74) is 1.09. The van der Waals surface area contributed by atoms with Crippen LogP contribution in [0.25, 0.3) is 10.8 Å². The van der Waals surface area contributed by atoms with Crippen LogP contribution in [0.5, 0.6) is 0 Å². The lowest BCUT2D eigenvalue weighted by Gasteiger charge is -2.08. The van der Waals surface area contributed by atoms with Crippen molar-refractivity contribution in [2.45, 2.75) is 6.04 Å². The molecular formula is C13H11NO2. The zero-order chi connectivity index (χ0) is 11.0. The quantitative estimate of drug-likeness (QED) is 0.790. The Morgan fingerprint density at radius 2 is 1.94 bits per heavy atom. The number of fused-ring (bicyclic) bond motifs is 1. The molecule has 0 aliphatic carbocycles. The summed E-state index contributed by atoms with van der Waals surface area (Å²) in [6, 6.07) is 14.3. The van der Waals surface area contributed by atoms with Gasteiger partial charge in [0.2, 0.25) is 0 Å². The summed E-state index contributed by atoms with van der Waals surface area (Å²) in [6.07, 6.45) is -0.335. The van der Waals surface area contributed by atoms with Crippen LogP contribution < -0.4 is 5.32 Å². The molecule has 2 aromatic rings. The molecule has 80 valence electrons. The third kappa shape index (κ3) is 1.50. The standard InChI is InChI=1S/C13H11NO2/c15-13-14-12(8-16-13)11-6-5-9-3-1-2-4-10(9)7-11/h1-7,12H,8H2,(H,14,15). The lowest BCUT2D eigenvalue weighted by molar-refractivity contribution is 0.177. The van der Waals surface area contributed by atoms with Gasteiger partial charge >= 0.3 is 6.09 Å². The number of hydrogen-bond donors (Lipinski definition) is 1. The smallest absolute Gasteiger partial charge is 0.407 e. The van der Waals surface area contributed by atoms with E-state index < -0.39 is 0 Å². The minimum atomic E-state index is -0.335. The number of alkyl carbamates (subject to hydrolysis) is 1. The van der Waals surface area contributed by atoms with E-state index in [4.69, 9.17) is 4.74 Å². The molecule has 0 radical (unpaired) electrons. The van der Waals surface area contributed by atoms with Gasteiger partial charge in [0.05, 0.1) is 6.04 Å². The number of benzene rings is 2.